The van der Waals surface area contributed by atoms with Crippen molar-refractivity contribution in [1.29, 1.82) is 0 Å². The number of methoxy groups -OCH3 is 2. The topological polar surface area (TPSA) is 102 Å². The Hall–Kier alpha value is -3.80. The first-order valence-electron chi connectivity index (χ1n) is 13.9. The van der Waals surface area contributed by atoms with E-state index < -0.39 is 12.0 Å². The Morgan fingerprint density at radius 1 is 1.07 bits per heavy atom. The molecule has 3 heterocycles. The van der Waals surface area contributed by atoms with Crippen molar-refractivity contribution in [3.8, 4) is 11.5 Å². The van der Waals surface area contributed by atoms with E-state index >= 15 is 0 Å². The molecule has 0 unspecified atom stereocenters. The van der Waals surface area contributed by atoms with Crippen LogP contribution < -0.4 is 14.8 Å². The first kappa shape index (κ1) is 29.7. The van der Waals surface area contributed by atoms with Gasteiger partial charge in [-0.1, -0.05) is 54.2 Å². The van der Waals surface area contributed by atoms with Crippen LogP contribution in [0, 0.1) is 0 Å². The van der Waals surface area contributed by atoms with Crippen LogP contribution in [0.25, 0.3) is 0 Å². The standard InChI is InChI=1S/C31H36N4O6S/c1-21-27(30(37)41-19-22-8-5-4-6-9-22)28(24-10-7-11-25(38-2)29(24)39-3)35-23(20-42-31(35)33-21)18-26(36)32-12-13-34-14-16-40-17-15-34/h4-11,20,28H,12-19H2,1-3H3,(H,32,36)/t28-/m0/s1. The van der Waals surface area contributed by atoms with Crippen LogP contribution in [0.2, 0.25) is 0 Å². The maximum atomic E-state index is 13.8. The van der Waals surface area contributed by atoms with Crippen LogP contribution in [-0.4, -0.2) is 80.5 Å². The summed E-state index contributed by atoms with van der Waals surface area (Å²) in [6.07, 6.45) is 0.128. The summed E-state index contributed by atoms with van der Waals surface area (Å²) in [5.41, 5.74) is 3.24. The van der Waals surface area contributed by atoms with Gasteiger partial charge in [0.2, 0.25) is 5.91 Å². The van der Waals surface area contributed by atoms with Gasteiger partial charge in [0, 0.05) is 37.4 Å². The minimum Gasteiger partial charge on any atom is -0.493 e. The first-order valence-corrected chi connectivity index (χ1v) is 14.8. The van der Waals surface area contributed by atoms with E-state index in [9.17, 15) is 9.59 Å². The summed E-state index contributed by atoms with van der Waals surface area (Å²) in [5.74, 6) is 0.443. The van der Waals surface area contributed by atoms with Crippen LogP contribution in [-0.2, 0) is 25.7 Å². The number of hydrogen-bond acceptors (Lipinski definition) is 10. The maximum Gasteiger partial charge on any atom is 0.338 e. The number of benzene rings is 2. The Bertz CT molecular complexity index is 1390. The number of nitrogens with one attached hydrogen (secondary N) is 1. The summed E-state index contributed by atoms with van der Waals surface area (Å²) >= 11 is 1.43. The molecule has 0 aliphatic carbocycles. The molecule has 10 nitrogen and oxygen atoms in total. The molecule has 0 spiro atoms. The molecule has 1 saturated heterocycles. The molecule has 1 N–H and O–H groups in total. The van der Waals surface area contributed by atoms with Gasteiger partial charge in [-0.2, -0.15) is 0 Å². The molecule has 5 rings (SSSR count). The number of carbonyl (C=O) groups is 2. The molecule has 1 atom stereocenters. The summed E-state index contributed by atoms with van der Waals surface area (Å²) in [7, 11) is 3.14. The predicted octanol–water partition coefficient (Wildman–Crippen LogP) is 3.86. The number of rotatable bonds is 11. The monoisotopic (exact) mass is 592 g/mol. The van der Waals surface area contributed by atoms with Crippen molar-refractivity contribution in [3.05, 3.63) is 82.0 Å². The molecule has 3 aliphatic heterocycles. The maximum absolute atomic E-state index is 13.8. The number of ether oxygens (including phenoxy) is 4. The lowest BCUT2D eigenvalue weighted by Gasteiger charge is -2.37. The molecule has 2 aromatic carbocycles. The van der Waals surface area contributed by atoms with Gasteiger partial charge in [-0.15, -0.1) is 0 Å². The Morgan fingerprint density at radius 2 is 1.86 bits per heavy atom. The molecule has 1 fully saturated rings. The highest BCUT2D eigenvalue weighted by Gasteiger charge is 2.42. The second kappa shape index (κ2) is 13.9. The highest BCUT2D eigenvalue weighted by Crippen LogP contribution is 2.48. The van der Waals surface area contributed by atoms with Crippen molar-refractivity contribution >= 4 is 28.8 Å². The van der Waals surface area contributed by atoms with Crippen molar-refractivity contribution in [2.75, 3.05) is 53.6 Å². The molecule has 3 aliphatic rings. The zero-order valence-electron chi connectivity index (χ0n) is 24.1. The van der Waals surface area contributed by atoms with Crippen LogP contribution in [0.4, 0.5) is 0 Å². The van der Waals surface area contributed by atoms with E-state index in [0.29, 0.717) is 53.3 Å². The molecule has 0 bridgehead atoms. The number of fused-ring (bicyclic) bond motifs is 1. The van der Waals surface area contributed by atoms with E-state index in [1.54, 1.807) is 21.1 Å². The van der Waals surface area contributed by atoms with Gasteiger partial charge < -0.3 is 29.2 Å². The summed E-state index contributed by atoms with van der Waals surface area (Å²) in [6.45, 7) is 6.40. The Labute approximate surface area is 250 Å². The number of thioether (sulfide) groups is 1. The second-order valence-electron chi connectivity index (χ2n) is 10.0. The van der Waals surface area contributed by atoms with E-state index in [1.165, 1.54) is 11.8 Å². The van der Waals surface area contributed by atoms with Crippen LogP contribution in [0.1, 0.15) is 30.5 Å². The van der Waals surface area contributed by atoms with Crippen molar-refractivity contribution in [2.45, 2.75) is 26.0 Å². The fourth-order valence-electron chi connectivity index (χ4n) is 5.26. The number of aliphatic imine (C=N–C) groups is 1. The summed E-state index contributed by atoms with van der Waals surface area (Å²) in [6, 6.07) is 14.4. The third-order valence-electron chi connectivity index (χ3n) is 7.36. The number of nitrogens with zero attached hydrogens (tertiary/aromatic N) is 3. The first-order chi connectivity index (χ1) is 20.5. The fourth-order valence-corrected chi connectivity index (χ4v) is 6.22. The number of amidine groups is 1. The average molecular weight is 593 g/mol. The van der Waals surface area contributed by atoms with Crippen LogP contribution in [0.5, 0.6) is 11.5 Å². The Kier molecular flexibility index (Phi) is 9.83. The van der Waals surface area contributed by atoms with E-state index in [1.807, 2.05) is 58.8 Å². The van der Waals surface area contributed by atoms with Crippen LogP contribution in [0.15, 0.2) is 75.9 Å². The summed E-state index contributed by atoms with van der Waals surface area (Å²) in [5, 5.41) is 5.64. The fraction of sp³-hybridized carbons (Fsp3) is 0.387. The SMILES string of the molecule is COc1cccc([C@H]2C(C(=O)OCc3ccccc3)=C(C)N=C3SC=C(CC(=O)NCCN4CCOCC4)N32)c1OC. The molecule has 0 saturated carbocycles. The molecule has 0 radical (unpaired) electrons. The number of morpholine rings is 1. The third kappa shape index (κ3) is 6.64. The minimum absolute atomic E-state index is 0.104. The number of carbonyl (C=O) groups excluding carboxylic acids is 2. The number of hydrogen-bond donors (Lipinski definition) is 1. The quantitative estimate of drug-likeness (QED) is 0.390. The zero-order chi connectivity index (χ0) is 29.5. The second-order valence-corrected chi connectivity index (χ2v) is 10.9. The van der Waals surface area contributed by atoms with Gasteiger partial charge in [-0.3, -0.25) is 9.69 Å². The van der Waals surface area contributed by atoms with Crippen molar-refractivity contribution in [3.63, 3.8) is 0 Å². The normalized spacial score (nSPS) is 18.6. The lowest BCUT2D eigenvalue weighted by molar-refractivity contribution is -0.141. The van der Waals surface area contributed by atoms with Gasteiger partial charge in [-0.05, 0) is 24.0 Å². The Balaban J connectivity index is 1.41. The molecule has 0 aromatic heterocycles. The number of esters is 1. The summed E-state index contributed by atoms with van der Waals surface area (Å²) in [4.78, 5) is 35.8. The summed E-state index contributed by atoms with van der Waals surface area (Å²) < 4.78 is 22.6. The van der Waals surface area contributed by atoms with Crippen molar-refractivity contribution < 1.29 is 28.5 Å². The van der Waals surface area contributed by atoms with Crippen molar-refractivity contribution in [2.24, 2.45) is 4.99 Å². The van der Waals surface area contributed by atoms with Gasteiger partial charge in [0.25, 0.3) is 0 Å². The molecule has 42 heavy (non-hydrogen) atoms. The van der Waals surface area contributed by atoms with E-state index in [2.05, 4.69) is 10.2 Å². The van der Waals surface area contributed by atoms with Crippen LogP contribution in [0.3, 0.4) is 0 Å². The Morgan fingerprint density at radius 3 is 2.60 bits per heavy atom. The highest BCUT2D eigenvalue weighted by atomic mass is 32.2. The smallest absolute Gasteiger partial charge is 0.338 e. The molecule has 222 valence electrons. The molecule has 2 aromatic rings. The third-order valence-corrected chi connectivity index (χ3v) is 8.25. The zero-order valence-corrected chi connectivity index (χ0v) is 24.9. The minimum atomic E-state index is -0.645. The van der Waals surface area contributed by atoms with Gasteiger partial charge in [0.1, 0.15) is 6.61 Å². The number of allylic oxidation sites excluding steroid dienone is 1. The van der Waals surface area contributed by atoms with Crippen LogP contribution >= 0.6 is 11.8 Å². The van der Waals surface area contributed by atoms with E-state index in [0.717, 1.165) is 30.9 Å². The van der Waals surface area contributed by atoms with Gasteiger partial charge in [0.15, 0.2) is 16.7 Å². The molecule has 11 heteroatoms. The van der Waals surface area contributed by atoms with Gasteiger partial charge in [-0.25, -0.2) is 9.79 Å². The lowest BCUT2D eigenvalue weighted by Crippen LogP contribution is -2.42. The highest BCUT2D eigenvalue weighted by molar-refractivity contribution is 8.16. The lowest BCUT2D eigenvalue weighted by atomic mass is 9.92. The number of para-hydroxylation sites is 1. The molecule has 1 amide bonds. The predicted molar refractivity (Wildman–Crippen MR) is 161 cm³/mol. The van der Waals surface area contributed by atoms with Gasteiger partial charge in [0.05, 0.1) is 51.2 Å². The van der Waals surface area contributed by atoms with Gasteiger partial charge >= 0.3 is 5.97 Å². The average Bonchev–Trinajstić information content (AvgIpc) is 3.41. The van der Waals surface area contributed by atoms with E-state index in [4.69, 9.17) is 23.9 Å². The molecular weight excluding hydrogens is 556 g/mol. The molecular formula is C31H36N4O6S. The largest absolute Gasteiger partial charge is 0.493 e. The van der Waals surface area contributed by atoms with E-state index in [-0.39, 0.29) is 18.9 Å². The van der Waals surface area contributed by atoms with Crippen molar-refractivity contribution in [1.82, 2.24) is 15.1 Å². The number of amides is 1.